The molecule has 3 aromatic heterocycles. The molecule has 0 saturated carbocycles. The molecular weight excluding hydrogens is 390 g/mol. The van der Waals surface area contributed by atoms with Crippen molar-refractivity contribution in [2.24, 2.45) is 0 Å². The van der Waals surface area contributed by atoms with E-state index in [2.05, 4.69) is 32.4 Å². The lowest BCUT2D eigenvalue weighted by atomic mass is 9.87. The Morgan fingerprint density at radius 2 is 2.13 bits per heavy atom. The van der Waals surface area contributed by atoms with Gasteiger partial charge in [0.05, 0.1) is 37.3 Å². The maximum absolute atomic E-state index is 13.0. The highest BCUT2D eigenvalue weighted by atomic mass is 16.5. The molecule has 1 amide bonds. The third-order valence-corrected chi connectivity index (χ3v) is 5.75. The van der Waals surface area contributed by atoms with Crippen LogP contribution < -0.4 is 10.1 Å². The number of ether oxygens (including phenoxy) is 1. The molecule has 4 aromatic rings. The number of nitrogens with one attached hydrogen (secondary N) is 1. The summed E-state index contributed by atoms with van der Waals surface area (Å²) < 4.78 is 7.27. The molecule has 5 rings (SSSR count). The fourth-order valence-corrected chi connectivity index (χ4v) is 4.16. The van der Waals surface area contributed by atoms with Crippen LogP contribution in [0.2, 0.25) is 0 Å². The highest BCUT2D eigenvalue weighted by molar-refractivity contribution is 5.96. The van der Waals surface area contributed by atoms with Crippen LogP contribution in [-0.2, 0) is 13.0 Å². The first-order valence-electron chi connectivity index (χ1n) is 10.4. The third-order valence-electron chi connectivity index (χ3n) is 5.75. The Bertz CT molecular complexity index is 1240. The maximum atomic E-state index is 13.0. The molecule has 0 aliphatic heterocycles. The molecule has 31 heavy (non-hydrogen) atoms. The van der Waals surface area contributed by atoms with Crippen LogP contribution in [-0.4, -0.2) is 32.5 Å². The first-order chi connectivity index (χ1) is 15.2. The molecule has 0 fully saturated rings. The molecule has 0 bridgehead atoms. The number of amides is 1. The second-order valence-electron chi connectivity index (χ2n) is 7.74. The molecule has 1 N–H and O–H groups in total. The first kappa shape index (κ1) is 19.2. The predicted octanol–water partition coefficient (Wildman–Crippen LogP) is 3.69. The Kier molecular flexibility index (Phi) is 5.08. The van der Waals surface area contributed by atoms with E-state index >= 15 is 0 Å². The maximum Gasteiger partial charge on any atom is 0.253 e. The molecular formula is C24H23N5O2. The van der Waals surface area contributed by atoms with Gasteiger partial charge in [0.15, 0.2) is 5.65 Å². The molecule has 1 aromatic carbocycles. The summed E-state index contributed by atoms with van der Waals surface area (Å²) in [5.41, 5.74) is 5.26. The van der Waals surface area contributed by atoms with Gasteiger partial charge in [0.2, 0.25) is 0 Å². The number of rotatable bonds is 5. The van der Waals surface area contributed by atoms with Crippen molar-refractivity contribution in [2.45, 2.75) is 31.8 Å². The summed E-state index contributed by atoms with van der Waals surface area (Å²) in [4.78, 5) is 26.3. The van der Waals surface area contributed by atoms with E-state index in [9.17, 15) is 4.79 Å². The normalized spacial score (nSPS) is 15.5. The fraction of sp³-hybridized carbons (Fsp3) is 0.250. The van der Waals surface area contributed by atoms with Gasteiger partial charge < -0.3 is 14.6 Å². The zero-order valence-electron chi connectivity index (χ0n) is 17.3. The Labute approximate surface area is 180 Å². The minimum atomic E-state index is -0.137. The monoisotopic (exact) mass is 413 g/mol. The molecule has 0 saturated heterocycles. The van der Waals surface area contributed by atoms with Crippen LogP contribution in [0, 0.1) is 0 Å². The molecule has 0 radical (unpaired) electrons. The molecule has 7 heteroatoms. The number of hydrogen-bond acceptors (Lipinski definition) is 5. The van der Waals surface area contributed by atoms with Gasteiger partial charge in [-0.15, -0.1) is 0 Å². The van der Waals surface area contributed by atoms with Crippen molar-refractivity contribution < 1.29 is 9.53 Å². The number of benzene rings is 1. The number of pyridine rings is 2. The summed E-state index contributed by atoms with van der Waals surface area (Å²) in [6.45, 7) is 0.582. The van der Waals surface area contributed by atoms with Crippen molar-refractivity contribution in [2.75, 3.05) is 7.11 Å². The SMILES string of the molecule is COc1ccc2c(c1)CCCC2NC(=O)c1cnc2c(c1)ncn2Cc1ccccn1. The number of nitrogens with zero attached hydrogens (tertiary/aromatic N) is 4. The average Bonchev–Trinajstić information content (AvgIpc) is 3.21. The molecule has 1 aliphatic carbocycles. The van der Waals surface area contributed by atoms with Crippen LogP contribution in [0.15, 0.2) is 61.2 Å². The summed E-state index contributed by atoms with van der Waals surface area (Å²) in [6.07, 6.45) is 8.06. The largest absolute Gasteiger partial charge is 0.497 e. The quantitative estimate of drug-likeness (QED) is 0.540. The van der Waals surface area contributed by atoms with Gasteiger partial charge in [0.1, 0.15) is 11.3 Å². The van der Waals surface area contributed by atoms with E-state index in [1.165, 1.54) is 5.56 Å². The van der Waals surface area contributed by atoms with Gasteiger partial charge >= 0.3 is 0 Å². The number of aryl methyl sites for hydroxylation is 1. The van der Waals surface area contributed by atoms with E-state index in [-0.39, 0.29) is 11.9 Å². The Morgan fingerprint density at radius 3 is 2.97 bits per heavy atom. The van der Waals surface area contributed by atoms with E-state index < -0.39 is 0 Å². The molecule has 1 unspecified atom stereocenters. The summed E-state index contributed by atoms with van der Waals surface area (Å²) in [5, 5.41) is 3.18. The van der Waals surface area contributed by atoms with E-state index in [4.69, 9.17) is 4.74 Å². The predicted molar refractivity (Wildman–Crippen MR) is 117 cm³/mol. The number of carbonyl (C=O) groups is 1. The minimum absolute atomic E-state index is 0.0143. The first-order valence-corrected chi connectivity index (χ1v) is 10.4. The van der Waals surface area contributed by atoms with Crippen LogP contribution in [0.5, 0.6) is 5.75 Å². The molecule has 0 spiro atoms. The second kappa shape index (κ2) is 8.18. The summed E-state index contributed by atoms with van der Waals surface area (Å²) >= 11 is 0. The number of carbonyl (C=O) groups excluding carboxylic acids is 1. The van der Waals surface area contributed by atoms with Crippen LogP contribution in [0.3, 0.4) is 0 Å². The minimum Gasteiger partial charge on any atom is -0.497 e. The lowest BCUT2D eigenvalue weighted by Gasteiger charge is -2.26. The number of methoxy groups -OCH3 is 1. The second-order valence-corrected chi connectivity index (χ2v) is 7.74. The van der Waals surface area contributed by atoms with Crippen LogP contribution in [0.4, 0.5) is 0 Å². The van der Waals surface area contributed by atoms with Crippen molar-refractivity contribution in [1.29, 1.82) is 0 Å². The fourth-order valence-electron chi connectivity index (χ4n) is 4.16. The number of fused-ring (bicyclic) bond motifs is 2. The molecule has 1 atom stereocenters. The van der Waals surface area contributed by atoms with Gasteiger partial charge in [-0.25, -0.2) is 9.97 Å². The highest BCUT2D eigenvalue weighted by Crippen LogP contribution is 2.32. The van der Waals surface area contributed by atoms with E-state index in [0.717, 1.165) is 41.9 Å². The van der Waals surface area contributed by atoms with Crippen LogP contribution >= 0.6 is 0 Å². The Balaban J connectivity index is 1.35. The van der Waals surface area contributed by atoms with Gasteiger partial charge in [0.25, 0.3) is 5.91 Å². The standard InChI is InChI=1S/C24H23N5O2/c1-31-19-8-9-20-16(11-19)5-4-7-21(20)28-24(30)17-12-22-23(26-13-17)29(15-27-22)14-18-6-2-3-10-25-18/h2-3,6,8-13,15,21H,4-5,7,14H2,1H3,(H,28,30). The molecule has 3 heterocycles. The highest BCUT2D eigenvalue weighted by Gasteiger charge is 2.23. The average molecular weight is 413 g/mol. The van der Waals surface area contributed by atoms with Gasteiger partial charge in [-0.3, -0.25) is 9.78 Å². The number of imidazole rings is 1. The topological polar surface area (TPSA) is 81.9 Å². The van der Waals surface area contributed by atoms with Crippen molar-refractivity contribution in [1.82, 2.24) is 24.8 Å². The van der Waals surface area contributed by atoms with Crippen molar-refractivity contribution in [3.8, 4) is 5.75 Å². The molecule has 7 nitrogen and oxygen atoms in total. The summed E-state index contributed by atoms with van der Waals surface area (Å²) in [5.74, 6) is 0.712. The summed E-state index contributed by atoms with van der Waals surface area (Å²) in [6, 6.07) is 13.7. The van der Waals surface area contributed by atoms with Crippen molar-refractivity contribution >= 4 is 17.1 Å². The molecule has 156 valence electrons. The smallest absolute Gasteiger partial charge is 0.253 e. The lowest BCUT2D eigenvalue weighted by Crippen LogP contribution is -2.31. The lowest BCUT2D eigenvalue weighted by molar-refractivity contribution is 0.0932. The van der Waals surface area contributed by atoms with Gasteiger partial charge in [-0.1, -0.05) is 12.1 Å². The van der Waals surface area contributed by atoms with Gasteiger partial charge in [0, 0.05) is 12.4 Å². The number of aromatic nitrogens is 4. The Hall–Kier alpha value is -3.74. The van der Waals surface area contributed by atoms with Gasteiger partial charge in [-0.05, 0) is 60.7 Å². The summed E-state index contributed by atoms with van der Waals surface area (Å²) in [7, 11) is 1.67. The van der Waals surface area contributed by atoms with E-state index in [1.807, 2.05) is 28.8 Å². The third kappa shape index (κ3) is 3.86. The van der Waals surface area contributed by atoms with Crippen LogP contribution in [0.1, 0.15) is 46.1 Å². The Morgan fingerprint density at radius 1 is 1.19 bits per heavy atom. The number of hydrogen-bond donors (Lipinski definition) is 1. The van der Waals surface area contributed by atoms with E-state index in [1.54, 1.807) is 31.9 Å². The van der Waals surface area contributed by atoms with Crippen LogP contribution in [0.25, 0.3) is 11.2 Å². The van der Waals surface area contributed by atoms with Crippen molar-refractivity contribution in [3.63, 3.8) is 0 Å². The van der Waals surface area contributed by atoms with Gasteiger partial charge in [-0.2, -0.15) is 0 Å². The zero-order chi connectivity index (χ0) is 21.2. The van der Waals surface area contributed by atoms with Crippen molar-refractivity contribution in [3.05, 3.63) is 83.6 Å². The zero-order valence-corrected chi connectivity index (χ0v) is 17.3. The van der Waals surface area contributed by atoms with E-state index in [0.29, 0.717) is 17.6 Å². The molecule has 1 aliphatic rings.